The van der Waals surface area contributed by atoms with E-state index in [1.165, 1.54) is 5.69 Å². The number of H-pyrrole nitrogens is 1. The fourth-order valence-corrected chi connectivity index (χ4v) is 3.77. The van der Waals surface area contributed by atoms with Crippen molar-refractivity contribution in [1.29, 1.82) is 0 Å². The molecule has 29 heavy (non-hydrogen) atoms. The second-order valence-electron chi connectivity index (χ2n) is 7.25. The Morgan fingerprint density at radius 1 is 0.931 bits per heavy atom. The first-order valence-corrected chi connectivity index (χ1v) is 9.89. The van der Waals surface area contributed by atoms with Crippen LogP contribution in [0.4, 0.5) is 5.69 Å². The second-order valence-corrected chi connectivity index (χ2v) is 7.25. The quantitative estimate of drug-likeness (QED) is 0.566. The van der Waals surface area contributed by atoms with Gasteiger partial charge in [-0.25, -0.2) is 4.68 Å². The van der Waals surface area contributed by atoms with Crippen LogP contribution in [-0.2, 0) is 0 Å². The van der Waals surface area contributed by atoms with Gasteiger partial charge < -0.3 is 15.2 Å². The van der Waals surface area contributed by atoms with Crippen molar-refractivity contribution in [2.24, 2.45) is 0 Å². The Labute approximate surface area is 168 Å². The van der Waals surface area contributed by atoms with Gasteiger partial charge in [-0.05, 0) is 54.8 Å². The molecule has 1 aliphatic heterocycles. The maximum atomic E-state index is 12.5. The van der Waals surface area contributed by atoms with Crippen molar-refractivity contribution in [1.82, 2.24) is 25.3 Å². The molecule has 146 valence electrons. The Morgan fingerprint density at radius 3 is 2.66 bits per heavy atom. The Balaban J connectivity index is 1.43. The third-order valence-electron chi connectivity index (χ3n) is 5.34. The summed E-state index contributed by atoms with van der Waals surface area (Å²) in [7, 11) is 0. The van der Waals surface area contributed by atoms with Crippen molar-refractivity contribution >= 4 is 16.6 Å². The minimum absolute atomic E-state index is 0.166. The molecule has 0 amide bonds. The Bertz CT molecular complexity index is 1190. The highest BCUT2D eigenvalue weighted by Gasteiger charge is 2.12. The van der Waals surface area contributed by atoms with Gasteiger partial charge in [0.05, 0.1) is 17.4 Å². The largest absolute Gasteiger partial charge is 0.370 e. The number of hydrogen-bond acceptors (Lipinski definition) is 5. The molecular formula is C22H22N6O. The Kier molecular flexibility index (Phi) is 4.57. The monoisotopic (exact) mass is 386 g/mol. The highest BCUT2D eigenvalue weighted by Crippen LogP contribution is 2.21. The van der Waals surface area contributed by atoms with Gasteiger partial charge in [0.15, 0.2) is 0 Å². The average Bonchev–Trinajstić information content (AvgIpc) is 3.08. The normalized spacial score (nSPS) is 14.8. The van der Waals surface area contributed by atoms with Gasteiger partial charge in [0.25, 0.3) is 5.56 Å². The van der Waals surface area contributed by atoms with Crippen molar-refractivity contribution < 1.29 is 0 Å². The summed E-state index contributed by atoms with van der Waals surface area (Å²) in [5, 5.41) is 12.9. The van der Waals surface area contributed by atoms with Gasteiger partial charge in [0, 0.05) is 30.8 Å². The number of nitrogens with zero attached hydrogens (tertiary/aromatic N) is 4. The first-order chi connectivity index (χ1) is 14.3. The van der Waals surface area contributed by atoms with E-state index in [2.05, 4.69) is 37.6 Å². The molecule has 7 heteroatoms. The highest BCUT2D eigenvalue weighted by atomic mass is 16.1. The Morgan fingerprint density at radius 2 is 1.76 bits per heavy atom. The summed E-state index contributed by atoms with van der Waals surface area (Å²) in [6.45, 7) is 4.15. The number of pyridine rings is 1. The van der Waals surface area contributed by atoms with Gasteiger partial charge in [-0.1, -0.05) is 23.4 Å². The zero-order valence-corrected chi connectivity index (χ0v) is 16.0. The van der Waals surface area contributed by atoms with Crippen LogP contribution in [0.1, 0.15) is 6.42 Å². The van der Waals surface area contributed by atoms with Crippen LogP contribution < -0.4 is 15.8 Å². The molecule has 7 nitrogen and oxygen atoms in total. The van der Waals surface area contributed by atoms with Crippen LogP contribution >= 0.6 is 0 Å². The maximum Gasteiger partial charge on any atom is 0.258 e. The molecule has 1 fully saturated rings. The Hall–Kier alpha value is -3.45. The molecule has 0 atom stereocenters. The zero-order valence-electron chi connectivity index (χ0n) is 16.0. The SMILES string of the molecule is O=c1[nH]c2ccccc2cc1-c1cn(-c2ccc(N3CCCNCC3)cc2)nn1. The minimum atomic E-state index is -0.166. The number of fused-ring (bicyclic) bond motifs is 1. The summed E-state index contributed by atoms with van der Waals surface area (Å²) < 4.78 is 1.71. The van der Waals surface area contributed by atoms with Crippen molar-refractivity contribution in [3.8, 4) is 16.9 Å². The van der Waals surface area contributed by atoms with Crippen LogP contribution in [0.15, 0.2) is 65.6 Å². The van der Waals surface area contributed by atoms with Crippen molar-refractivity contribution in [3.05, 3.63) is 71.1 Å². The number of hydrogen-bond donors (Lipinski definition) is 2. The molecule has 0 saturated carbocycles. The number of benzene rings is 2. The van der Waals surface area contributed by atoms with Gasteiger partial charge in [-0.15, -0.1) is 5.10 Å². The first-order valence-electron chi connectivity index (χ1n) is 9.89. The fourth-order valence-electron chi connectivity index (χ4n) is 3.77. The summed E-state index contributed by atoms with van der Waals surface area (Å²) in [5.74, 6) is 0. The van der Waals surface area contributed by atoms with E-state index in [0.717, 1.165) is 49.2 Å². The molecule has 0 bridgehead atoms. The van der Waals surface area contributed by atoms with E-state index in [1.807, 2.05) is 42.5 Å². The van der Waals surface area contributed by atoms with Crippen LogP contribution in [-0.4, -0.2) is 46.2 Å². The summed E-state index contributed by atoms with van der Waals surface area (Å²) >= 11 is 0. The summed E-state index contributed by atoms with van der Waals surface area (Å²) in [4.78, 5) is 17.8. The van der Waals surface area contributed by atoms with E-state index in [-0.39, 0.29) is 5.56 Å². The molecule has 0 unspecified atom stereocenters. The molecule has 1 saturated heterocycles. The predicted octanol–water partition coefficient (Wildman–Crippen LogP) is 2.58. The molecular weight excluding hydrogens is 364 g/mol. The number of nitrogens with one attached hydrogen (secondary N) is 2. The van der Waals surface area contributed by atoms with Crippen LogP contribution in [0.5, 0.6) is 0 Å². The molecule has 0 radical (unpaired) electrons. The highest BCUT2D eigenvalue weighted by molar-refractivity contribution is 5.82. The summed E-state index contributed by atoms with van der Waals surface area (Å²) in [6, 6.07) is 17.9. The van der Waals surface area contributed by atoms with Crippen LogP contribution in [0, 0.1) is 0 Å². The first kappa shape index (κ1) is 17.6. The van der Waals surface area contributed by atoms with E-state index in [1.54, 1.807) is 10.9 Å². The number of para-hydroxylation sites is 1. The lowest BCUT2D eigenvalue weighted by molar-refractivity contribution is 0.724. The van der Waals surface area contributed by atoms with E-state index in [4.69, 9.17) is 0 Å². The van der Waals surface area contributed by atoms with Gasteiger partial charge in [0.1, 0.15) is 5.69 Å². The predicted molar refractivity (Wildman–Crippen MR) is 115 cm³/mol. The molecule has 5 rings (SSSR count). The van der Waals surface area contributed by atoms with Gasteiger partial charge >= 0.3 is 0 Å². The molecule has 2 N–H and O–H groups in total. The molecule has 1 aliphatic rings. The van der Waals surface area contributed by atoms with Crippen molar-refractivity contribution in [2.75, 3.05) is 31.1 Å². The number of aromatic nitrogens is 4. The second kappa shape index (κ2) is 7.52. The topological polar surface area (TPSA) is 78.8 Å². The molecule has 3 heterocycles. The number of rotatable bonds is 3. The smallest absolute Gasteiger partial charge is 0.258 e. The zero-order chi connectivity index (χ0) is 19.6. The average molecular weight is 386 g/mol. The lowest BCUT2D eigenvalue weighted by atomic mass is 10.1. The molecule has 0 aliphatic carbocycles. The van der Waals surface area contributed by atoms with E-state index in [0.29, 0.717) is 11.3 Å². The van der Waals surface area contributed by atoms with Gasteiger partial charge in [-0.2, -0.15) is 0 Å². The van der Waals surface area contributed by atoms with Crippen LogP contribution in [0.2, 0.25) is 0 Å². The molecule has 4 aromatic rings. The number of anilines is 1. The fraction of sp³-hybridized carbons (Fsp3) is 0.227. The lowest BCUT2D eigenvalue weighted by Crippen LogP contribution is -2.27. The molecule has 2 aromatic carbocycles. The summed E-state index contributed by atoms with van der Waals surface area (Å²) in [6.07, 6.45) is 2.94. The third-order valence-corrected chi connectivity index (χ3v) is 5.34. The van der Waals surface area contributed by atoms with Crippen LogP contribution in [0.3, 0.4) is 0 Å². The van der Waals surface area contributed by atoms with Crippen molar-refractivity contribution in [3.63, 3.8) is 0 Å². The van der Waals surface area contributed by atoms with E-state index < -0.39 is 0 Å². The van der Waals surface area contributed by atoms with E-state index in [9.17, 15) is 4.79 Å². The van der Waals surface area contributed by atoms with Gasteiger partial charge in [-0.3, -0.25) is 4.79 Å². The maximum absolute atomic E-state index is 12.5. The summed E-state index contributed by atoms with van der Waals surface area (Å²) in [5.41, 5.74) is 3.85. The lowest BCUT2D eigenvalue weighted by Gasteiger charge is -2.22. The molecule has 0 spiro atoms. The van der Waals surface area contributed by atoms with Crippen LogP contribution in [0.25, 0.3) is 27.8 Å². The van der Waals surface area contributed by atoms with E-state index >= 15 is 0 Å². The van der Waals surface area contributed by atoms with Crippen molar-refractivity contribution in [2.45, 2.75) is 6.42 Å². The minimum Gasteiger partial charge on any atom is -0.370 e. The molecule has 2 aromatic heterocycles. The standard InChI is InChI=1S/C22H22N6O/c29-22-19(14-16-4-1-2-5-20(16)24-22)21-15-28(26-25-21)18-8-6-17(7-9-18)27-12-3-10-23-11-13-27/h1-2,4-9,14-15,23H,3,10-13H2,(H,24,29). The van der Waals surface area contributed by atoms with Gasteiger partial charge in [0.2, 0.25) is 0 Å². The number of aromatic amines is 1. The third kappa shape index (κ3) is 3.52.